The Morgan fingerprint density at radius 1 is 1.13 bits per heavy atom. The van der Waals surface area contributed by atoms with E-state index < -0.39 is 0 Å². The highest BCUT2D eigenvalue weighted by Gasteiger charge is 2.36. The maximum atomic E-state index is 8.95. The van der Waals surface area contributed by atoms with Gasteiger partial charge in [0, 0.05) is 6.61 Å². The zero-order chi connectivity index (χ0) is 10.7. The normalized spacial score (nSPS) is 26.8. The van der Waals surface area contributed by atoms with Crippen LogP contribution in [-0.2, 0) is 0 Å². The maximum absolute atomic E-state index is 8.95. The molecule has 1 heterocycles. The minimum atomic E-state index is 0.385. The van der Waals surface area contributed by atoms with Crippen LogP contribution in [-0.4, -0.2) is 36.8 Å². The summed E-state index contributed by atoms with van der Waals surface area (Å²) in [5.74, 6) is 2.91. The topological polar surface area (TPSA) is 23.5 Å². The zero-order valence-corrected chi connectivity index (χ0v) is 9.99. The Bertz CT molecular complexity index is 183. The van der Waals surface area contributed by atoms with Gasteiger partial charge in [-0.15, -0.1) is 0 Å². The van der Waals surface area contributed by atoms with Gasteiger partial charge in [0.2, 0.25) is 0 Å². The van der Waals surface area contributed by atoms with Crippen molar-refractivity contribution >= 4 is 0 Å². The molecule has 1 saturated heterocycles. The Kier molecular flexibility index (Phi) is 4.04. The van der Waals surface area contributed by atoms with Crippen molar-refractivity contribution in [1.29, 1.82) is 0 Å². The van der Waals surface area contributed by atoms with E-state index in [2.05, 4.69) is 11.9 Å². The molecule has 2 nitrogen and oxygen atoms in total. The number of piperidine rings is 1. The molecule has 0 aromatic heterocycles. The van der Waals surface area contributed by atoms with Crippen LogP contribution in [0, 0.1) is 17.8 Å². The fraction of sp³-hybridized carbons (Fsp3) is 1.00. The smallest absolute Gasteiger partial charge is 0.0431 e. The summed E-state index contributed by atoms with van der Waals surface area (Å²) in [7, 11) is 2.23. The van der Waals surface area contributed by atoms with Gasteiger partial charge in [-0.3, -0.25) is 0 Å². The molecule has 0 bridgehead atoms. The highest BCUT2D eigenvalue weighted by atomic mass is 16.2. The first-order valence-electron chi connectivity index (χ1n) is 6.60. The van der Waals surface area contributed by atoms with Gasteiger partial charge in [0.05, 0.1) is 0 Å². The molecule has 0 spiro atoms. The van der Waals surface area contributed by atoms with Crippen LogP contribution >= 0.6 is 0 Å². The van der Waals surface area contributed by atoms with Crippen molar-refractivity contribution in [3.63, 3.8) is 0 Å². The molecule has 1 aliphatic carbocycles. The van der Waals surface area contributed by atoms with Crippen LogP contribution in [0.2, 0.25) is 0 Å². The third kappa shape index (κ3) is 3.18. The minimum absolute atomic E-state index is 0.385. The van der Waals surface area contributed by atoms with Crippen LogP contribution in [0.4, 0.5) is 0 Å². The van der Waals surface area contributed by atoms with E-state index in [1.165, 1.54) is 45.2 Å². The minimum Gasteiger partial charge on any atom is -0.396 e. The number of nitrogens with zero attached hydrogens (tertiary/aromatic N) is 1. The molecule has 15 heavy (non-hydrogen) atoms. The van der Waals surface area contributed by atoms with Crippen molar-refractivity contribution in [1.82, 2.24) is 4.90 Å². The average molecular weight is 211 g/mol. The second kappa shape index (κ2) is 5.31. The third-order valence-corrected chi connectivity index (χ3v) is 4.29. The van der Waals surface area contributed by atoms with Crippen molar-refractivity contribution in [2.45, 2.75) is 38.5 Å². The molecule has 88 valence electrons. The van der Waals surface area contributed by atoms with Gasteiger partial charge in [0.15, 0.2) is 0 Å². The van der Waals surface area contributed by atoms with Gasteiger partial charge in [-0.2, -0.15) is 0 Å². The van der Waals surface area contributed by atoms with E-state index in [1.807, 2.05) is 0 Å². The van der Waals surface area contributed by atoms with Crippen molar-refractivity contribution in [2.75, 3.05) is 26.7 Å². The summed E-state index contributed by atoms with van der Waals surface area (Å²) in [6.07, 6.45) is 8.00. The highest BCUT2D eigenvalue weighted by molar-refractivity contribution is 4.87. The van der Waals surface area contributed by atoms with Crippen LogP contribution in [0.1, 0.15) is 38.5 Å². The fourth-order valence-electron chi connectivity index (χ4n) is 3.16. The van der Waals surface area contributed by atoms with Crippen molar-refractivity contribution in [3.05, 3.63) is 0 Å². The van der Waals surface area contributed by atoms with Gasteiger partial charge >= 0.3 is 0 Å². The van der Waals surface area contributed by atoms with Crippen LogP contribution < -0.4 is 0 Å². The molecule has 0 aromatic rings. The number of aliphatic hydroxyl groups is 1. The van der Waals surface area contributed by atoms with Crippen LogP contribution in [0.15, 0.2) is 0 Å². The Labute approximate surface area is 93.7 Å². The first-order chi connectivity index (χ1) is 7.31. The molecule has 0 radical (unpaired) electrons. The Hall–Kier alpha value is -0.0800. The van der Waals surface area contributed by atoms with Crippen molar-refractivity contribution in [2.24, 2.45) is 17.8 Å². The summed E-state index contributed by atoms with van der Waals surface area (Å²) in [4.78, 5) is 2.45. The maximum Gasteiger partial charge on any atom is 0.0431 e. The van der Waals surface area contributed by atoms with Gasteiger partial charge in [-0.1, -0.05) is 0 Å². The van der Waals surface area contributed by atoms with Gasteiger partial charge in [-0.05, 0) is 76.4 Å². The standard InChI is InChI=1S/C13H25NO/c1-14-8-6-12(7-9-14)13(3-2-10-15)11-4-5-11/h11-13,15H,2-10H2,1H3. The molecule has 2 aliphatic rings. The predicted molar refractivity (Wildman–Crippen MR) is 62.8 cm³/mol. The SMILES string of the molecule is CN1CCC(C(CCCO)C2CC2)CC1. The first-order valence-corrected chi connectivity index (χ1v) is 6.60. The van der Waals surface area contributed by atoms with E-state index >= 15 is 0 Å². The molecule has 1 aliphatic heterocycles. The summed E-state index contributed by atoms with van der Waals surface area (Å²) in [6, 6.07) is 0. The Balaban J connectivity index is 1.81. The van der Waals surface area contributed by atoms with Crippen molar-refractivity contribution < 1.29 is 5.11 Å². The highest BCUT2D eigenvalue weighted by Crippen LogP contribution is 2.45. The second-order valence-electron chi connectivity index (χ2n) is 5.51. The molecule has 2 heteroatoms. The van der Waals surface area contributed by atoms with Crippen molar-refractivity contribution in [3.8, 4) is 0 Å². The van der Waals surface area contributed by atoms with E-state index in [4.69, 9.17) is 5.11 Å². The summed E-state index contributed by atoms with van der Waals surface area (Å²) in [5.41, 5.74) is 0. The molecule has 1 atom stereocenters. The van der Waals surface area contributed by atoms with E-state index in [9.17, 15) is 0 Å². The predicted octanol–water partition coefficient (Wildman–Crippen LogP) is 2.13. The van der Waals surface area contributed by atoms with Crippen LogP contribution in [0.5, 0.6) is 0 Å². The fourth-order valence-corrected chi connectivity index (χ4v) is 3.16. The quantitative estimate of drug-likeness (QED) is 0.753. The lowest BCUT2D eigenvalue weighted by Gasteiger charge is -2.34. The zero-order valence-electron chi connectivity index (χ0n) is 9.99. The molecule has 0 aromatic carbocycles. The summed E-state index contributed by atoms with van der Waals surface area (Å²) >= 11 is 0. The monoisotopic (exact) mass is 211 g/mol. The Morgan fingerprint density at radius 2 is 1.73 bits per heavy atom. The molecule has 1 N–H and O–H groups in total. The molecule has 1 saturated carbocycles. The summed E-state index contributed by atoms with van der Waals surface area (Å²) in [6.45, 7) is 2.95. The number of aliphatic hydroxyl groups excluding tert-OH is 1. The lowest BCUT2D eigenvalue weighted by Crippen LogP contribution is -2.34. The summed E-state index contributed by atoms with van der Waals surface area (Å²) in [5, 5.41) is 8.95. The lowest BCUT2D eigenvalue weighted by atomic mass is 9.79. The molecule has 2 rings (SSSR count). The molecular weight excluding hydrogens is 186 g/mol. The second-order valence-corrected chi connectivity index (χ2v) is 5.51. The third-order valence-electron chi connectivity index (χ3n) is 4.29. The van der Waals surface area contributed by atoms with Gasteiger partial charge < -0.3 is 10.0 Å². The van der Waals surface area contributed by atoms with E-state index in [0.29, 0.717) is 6.61 Å². The van der Waals surface area contributed by atoms with Gasteiger partial charge in [-0.25, -0.2) is 0 Å². The molecular formula is C13H25NO. The Morgan fingerprint density at radius 3 is 2.27 bits per heavy atom. The lowest BCUT2D eigenvalue weighted by molar-refractivity contribution is 0.144. The van der Waals surface area contributed by atoms with Crippen LogP contribution in [0.25, 0.3) is 0 Å². The van der Waals surface area contributed by atoms with Crippen LogP contribution in [0.3, 0.4) is 0 Å². The first kappa shape index (κ1) is 11.4. The molecule has 2 fully saturated rings. The number of hydrogen-bond acceptors (Lipinski definition) is 2. The van der Waals surface area contributed by atoms with E-state index in [1.54, 1.807) is 0 Å². The molecule has 0 amide bonds. The van der Waals surface area contributed by atoms with E-state index in [-0.39, 0.29) is 0 Å². The average Bonchev–Trinajstić information content (AvgIpc) is 3.05. The van der Waals surface area contributed by atoms with Gasteiger partial charge in [0.25, 0.3) is 0 Å². The number of likely N-dealkylation sites (tertiary alicyclic amines) is 1. The summed E-state index contributed by atoms with van der Waals surface area (Å²) < 4.78 is 0. The van der Waals surface area contributed by atoms with Gasteiger partial charge in [0.1, 0.15) is 0 Å². The largest absolute Gasteiger partial charge is 0.396 e. The number of hydrogen-bond donors (Lipinski definition) is 1. The number of rotatable bonds is 5. The van der Waals surface area contributed by atoms with E-state index in [0.717, 1.165) is 24.2 Å². The molecule has 1 unspecified atom stereocenters.